The molecule has 0 bridgehead atoms. The Morgan fingerprint density at radius 2 is 1.95 bits per heavy atom. The van der Waals surface area contributed by atoms with Gasteiger partial charge >= 0.3 is 0 Å². The van der Waals surface area contributed by atoms with Crippen molar-refractivity contribution in [2.75, 3.05) is 25.5 Å². The Balaban J connectivity index is 2.68. The van der Waals surface area contributed by atoms with E-state index >= 15 is 0 Å². The van der Waals surface area contributed by atoms with Gasteiger partial charge in [0.15, 0.2) is 0 Å². The number of anilines is 1. The molecule has 0 saturated carbocycles. The van der Waals surface area contributed by atoms with Crippen molar-refractivity contribution in [2.24, 2.45) is 0 Å². The summed E-state index contributed by atoms with van der Waals surface area (Å²) in [4.78, 5) is 0.172. The second-order valence-electron chi connectivity index (χ2n) is 4.79. The summed E-state index contributed by atoms with van der Waals surface area (Å²) < 4.78 is 32.4. The maximum Gasteiger partial charge on any atom is 0.242 e. The molecule has 6 heteroatoms. The zero-order chi connectivity index (χ0) is 15.2. The second-order valence-corrected chi connectivity index (χ2v) is 6.49. The standard InChI is InChI=1S/C14H24N2O3S/c1-4-5-9-19-10-8-16-20(17,18)14-12(3)11(2)6-7-13(14)15/h6-7,16H,4-5,8-10,15H2,1-3H3. The fourth-order valence-electron chi connectivity index (χ4n) is 1.84. The topological polar surface area (TPSA) is 81.4 Å². The first kappa shape index (κ1) is 16.9. The molecule has 0 radical (unpaired) electrons. The maximum atomic E-state index is 12.3. The van der Waals surface area contributed by atoms with Crippen LogP contribution >= 0.6 is 0 Å². The predicted octanol–water partition coefficient (Wildman–Crippen LogP) is 1.98. The highest BCUT2D eigenvalue weighted by Crippen LogP contribution is 2.24. The van der Waals surface area contributed by atoms with Gasteiger partial charge in [-0.3, -0.25) is 0 Å². The molecular formula is C14H24N2O3S. The molecular weight excluding hydrogens is 276 g/mol. The Kier molecular flexibility index (Phi) is 6.45. The number of rotatable bonds is 8. The van der Waals surface area contributed by atoms with Crippen LogP contribution in [-0.2, 0) is 14.8 Å². The maximum absolute atomic E-state index is 12.3. The van der Waals surface area contributed by atoms with Crippen LogP contribution in [0.15, 0.2) is 17.0 Å². The zero-order valence-corrected chi connectivity index (χ0v) is 13.2. The van der Waals surface area contributed by atoms with Crippen LogP contribution < -0.4 is 10.5 Å². The molecule has 1 aromatic rings. The van der Waals surface area contributed by atoms with E-state index in [1.165, 1.54) is 0 Å². The molecule has 1 rings (SSSR count). The van der Waals surface area contributed by atoms with Crippen molar-refractivity contribution in [3.8, 4) is 0 Å². The summed E-state index contributed by atoms with van der Waals surface area (Å²) in [5.41, 5.74) is 7.65. The number of hydrogen-bond acceptors (Lipinski definition) is 4. The normalized spacial score (nSPS) is 11.8. The number of sulfonamides is 1. The van der Waals surface area contributed by atoms with Crippen LogP contribution in [0, 0.1) is 13.8 Å². The molecule has 3 N–H and O–H groups in total. The van der Waals surface area contributed by atoms with Gasteiger partial charge in [0.2, 0.25) is 10.0 Å². The van der Waals surface area contributed by atoms with Gasteiger partial charge in [-0.25, -0.2) is 13.1 Å². The van der Waals surface area contributed by atoms with E-state index in [-0.39, 0.29) is 17.1 Å². The van der Waals surface area contributed by atoms with Crippen LogP contribution in [0.4, 0.5) is 5.69 Å². The highest BCUT2D eigenvalue weighted by Gasteiger charge is 2.20. The molecule has 114 valence electrons. The smallest absolute Gasteiger partial charge is 0.242 e. The van der Waals surface area contributed by atoms with Crippen LogP contribution in [0.2, 0.25) is 0 Å². The molecule has 5 nitrogen and oxygen atoms in total. The monoisotopic (exact) mass is 300 g/mol. The summed E-state index contributed by atoms with van der Waals surface area (Å²) in [6.45, 7) is 6.97. The molecule has 0 unspecified atom stereocenters. The predicted molar refractivity (Wildman–Crippen MR) is 81.2 cm³/mol. The average Bonchev–Trinajstić information content (AvgIpc) is 2.38. The van der Waals surface area contributed by atoms with Gasteiger partial charge in [-0.15, -0.1) is 0 Å². The minimum atomic E-state index is -3.59. The molecule has 20 heavy (non-hydrogen) atoms. The lowest BCUT2D eigenvalue weighted by atomic mass is 10.1. The molecule has 0 aromatic heterocycles. The van der Waals surface area contributed by atoms with E-state index in [4.69, 9.17) is 10.5 Å². The fourth-order valence-corrected chi connectivity index (χ4v) is 3.28. The molecule has 0 spiro atoms. The van der Waals surface area contributed by atoms with Crippen LogP contribution in [-0.4, -0.2) is 28.2 Å². The number of hydrogen-bond donors (Lipinski definition) is 2. The van der Waals surface area contributed by atoms with Gasteiger partial charge in [-0.05, 0) is 37.5 Å². The molecule has 1 aromatic carbocycles. The van der Waals surface area contributed by atoms with Gasteiger partial charge < -0.3 is 10.5 Å². The molecule has 0 atom stereocenters. The van der Waals surface area contributed by atoms with Crippen LogP contribution in [0.1, 0.15) is 30.9 Å². The highest BCUT2D eigenvalue weighted by atomic mass is 32.2. The zero-order valence-electron chi connectivity index (χ0n) is 12.4. The molecule has 0 saturated heterocycles. The fraction of sp³-hybridized carbons (Fsp3) is 0.571. The Hall–Kier alpha value is -1.11. The van der Waals surface area contributed by atoms with E-state index in [0.29, 0.717) is 18.8 Å². The summed E-state index contributed by atoms with van der Waals surface area (Å²) in [5, 5.41) is 0. The summed E-state index contributed by atoms with van der Waals surface area (Å²) in [6.07, 6.45) is 2.04. The Labute approximate surface area is 121 Å². The largest absolute Gasteiger partial charge is 0.398 e. The first-order valence-electron chi connectivity index (χ1n) is 6.83. The summed E-state index contributed by atoms with van der Waals surface area (Å²) in [7, 11) is -3.59. The lowest BCUT2D eigenvalue weighted by molar-refractivity contribution is 0.136. The quantitative estimate of drug-likeness (QED) is 0.568. The Morgan fingerprint density at radius 1 is 1.25 bits per heavy atom. The van der Waals surface area contributed by atoms with Gasteiger partial charge in [-0.1, -0.05) is 19.4 Å². The number of nitrogen functional groups attached to an aromatic ring is 1. The van der Waals surface area contributed by atoms with Gasteiger partial charge in [0.1, 0.15) is 4.90 Å². The first-order valence-corrected chi connectivity index (χ1v) is 8.31. The van der Waals surface area contributed by atoms with Gasteiger partial charge in [0, 0.05) is 13.2 Å². The Bertz CT molecular complexity index is 542. The number of unbranched alkanes of at least 4 members (excludes halogenated alkanes) is 1. The van der Waals surface area contributed by atoms with Crippen molar-refractivity contribution in [3.05, 3.63) is 23.3 Å². The Morgan fingerprint density at radius 3 is 2.60 bits per heavy atom. The van der Waals surface area contributed by atoms with E-state index in [2.05, 4.69) is 11.6 Å². The SMILES string of the molecule is CCCCOCCNS(=O)(=O)c1c(N)ccc(C)c1C. The van der Waals surface area contributed by atoms with Crippen molar-refractivity contribution in [2.45, 2.75) is 38.5 Å². The minimum absolute atomic E-state index is 0.172. The van der Waals surface area contributed by atoms with Crippen LogP contribution in [0.3, 0.4) is 0 Å². The minimum Gasteiger partial charge on any atom is -0.398 e. The number of aryl methyl sites for hydroxylation is 1. The third-order valence-electron chi connectivity index (χ3n) is 3.16. The number of nitrogens with two attached hydrogens (primary N) is 1. The molecule has 0 amide bonds. The first-order chi connectivity index (χ1) is 9.40. The van der Waals surface area contributed by atoms with Crippen molar-refractivity contribution in [1.82, 2.24) is 4.72 Å². The number of nitrogens with one attached hydrogen (secondary N) is 1. The lowest BCUT2D eigenvalue weighted by Crippen LogP contribution is -2.29. The number of benzene rings is 1. The van der Waals surface area contributed by atoms with Gasteiger partial charge in [0.25, 0.3) is 0 Å². The van der Waals surface area contributed by atoms with Crippen LogP contribution in [0.25, 0.3) is 0 Å². The molecule has 0 heterocycles. The third kappa shape index (κ3) is 4.47. The molecule has 0 aliphatic heterocycles. The van der Waals surface area contributed by atoms with E-state index in [9.17, 15) is 8.42 Å². The van der Waals surface area contributed by atoms with Gasteiger partial charge in [0.05, 0.1) is 12.3 Å². The van der Waals surface area contributed by atoms with Gasteiger partial charge in [-0.2, -0.15) is 0 Å². The highest BCUT2D eigenvalue weighted by molar-refractivity contribution is 7.89. The van der Waals surface area contributed by atoms with Crippen molar-refractivity contribution >= 4 is 15.7 Å². The second kappa shape index (κ2) is 7.61. The van der Waals surface area contributed by atoms with Crippen molar-refractivity contribution < 1.29 is 13.2 Å². The van der Waals surface area contributed by atoms with Crippen LogP contribution in [0.5, 0.6) is 0 Å². The van der Waals surface area contributed by atoms with Crippen molar-refractivity contribution in [3.63, 3.8) is 0 Å². The average molecular weight is 300 g/mol. The summed E-state index contributed by atoms with van der Waals surface area (Å²) in [6, 6.07) is 3.44. The molecule has 0 aliphatic carbocycles. The van der Waals surface area contributed by atoms with E-state index in [1.807, 2.05) is 13.0 Å². The van der Waals surface area contributed by atoms with Crippen molar-refractivity contribution in [1.29, 1.82) is 0 Å². The number of ether oxygens (including phenoxy) is 1. The van der Waals surface area contributed by atoms with E-state index in [1.54, 1.807) is 13.0 Å². The summed E-state index contributed by atoms with van der Waals surface area (Å²) >= 11 is 0. The van der Waals surface area contributed by atoms with E-state index < -0.39 is 10.0 Å². The molecule has 0 aliphatic rings. The lowest BCUT2D eigenvalue weighted by Gasteiger charge is -2.13. The van der Waals surface area contributed by atoms with E-state index in [0.717, 1.165) is 18.4 Å². The third-order valence-corrected chi connectivity index (χ3v) is 4.82. The molecule has 0 fully saturated rings. The summed E-state index contributed by atoms with van der Waals surface area (Å²) in [5.74, 6) is 0.